The van der Waals surface area contributed by atoms with Crippen LogP contribution in [0.25, 0.3) is 0 Å². The molecule has 0 aromatic heterocycles. The largest absolute Gasteiger partial charge is 0.507 e. The number of nitrogens with two attached hydrogens (primary N) is 1. The molecule has 1 saturated heterocycles. The highest BCUT2D eigenvalue weighted by atomic mass is 16.4. The number of hydrogen-bond acceptors (Lipinski definition) is 8. The first-order chi connectivity index (χ1) is 16.2. The summed E-state index contributed by atoms with van der Waals surface area (Å²) in [6.07, 6.45) is 8.12. The van der Waals surface area contributed by atoms with E-state index in [1.165, 1.54) is 38.3 Å². The summed E-state index contributed by atoms with van der Waals surface area (Å²) >= 11 is 0. The number of rotatable bonds is 9. The first-order valence-electron chi connectivity index (χ1n) is 11.9. The van der Waals surface area contributed by atoms with Crippen LogP contribution in [-0.4, -0.2) is 64.3 Å². The van der Waals surface area contributed by atoms with E-state index in [1.807, 2.05) is 6.07 Å². The quantitative estimate of drug-likeness (QED) is 0.264. The topological polar surface area (TPSA) is 157 Å². The number of nitrogens with one attached hydrogen (secondary N) is 2. The molecule has 0 bridgehead atoms. The number of carbonyl (C=O) groups is 3. The third-order valence-electron chi connectivity index (χ3n) is 6.72. The van der Waals surface area contributed by atoms with Crippen molar-refractivity contribution in [1.82, 2.24) is 15.6 Å². The molecule has 3 rings (SSSR count). The normalized spacial score (nSPS) is 22.5. The maximum Gasteiger partial charge on any atom is 0.324 e. The van der Waals surface area contributed by atoms with E-state index in [2.05, 4.69) is 20.7 Å². The van der Waals surface area contributed by atoms with Gasteiger partial charge in [0, 0.05) is 18.7 Å². The third-order valence-corrected chi connectivity index (χ3v) is 6.72. The number of hydrogen-bond donors (Lipinski definition) is 5. The number of aliphatic carboxylic acids is 1. The zero-order valence-corrected chi connectivity index (χ0v) is 19.6. The Labute approximate surface area is 199 Å². The highest BCUT2D eigenvalue weighted by molar-refractivity contribution is 5.99. The van der Waals surface area contributed by atoms with Crippen LogP contribution in [0.1, 0.15) is 56.6 Å². The number of carboxylic acid groups (broad SMARTS) is 1. The van der Waals surface area contributed by atoms with Crippen LogP contribution in [0.2, 0.25) is 0 Å². The lowest BCUT2D eigenvalue weighted by molar-refractivity contribution is -0.136. The van der Waals surface area contributed by atoms with Crippen molar-refractivity contribution in [2.75, 3.05) is 13.1 Å². The van der Waals surface area contributed by atoms with Crippen molar-refractivity contribution >= 4 is 24.0 Å². The maximum atomic E-state index is 13.0. The molecule has 2 aliphatic rings. The Morgan fingerprint density at radius 2 is 1.97 bits per heavy atom. The van der Waals surface area contributed by atoms with Gasteiger partial charge < -0.3 is 15.9 Å². The summed E-state index contributed by atoms with van der Waals surface area (Å²) in [4.78, 5) is 37.6. The van der Waals surface area contributed by atoms with Crippen LogP contribution in [0.5, 0.6) is 5.75 Å². The number of amides is 2. The number of carbonyl (C=O) groups excluding carboxylic acids is 2. The molecule has 1 heterocycles. The average Bonchev–Trinajstić information content (AvgIpc) is 3.22. The smallest absolute Gasteiger partial charge is 0.324 e. The van der Waals surface area contributed by atoms with Crippen LogP contribution >= 0.6 is 0 Å². The molecule has 1 saturated carbocycles. The minimum absolute atomic E-state index is 0.00883. The summed E-state index contributed by atoms with van der Waals surface area (Å²) < 4.78 is 0. The minimum Gasteiger partial charge on any atom is -0.507 e. The second kappa shape index (κ2) is 11.9. The second-order valence-electron chi connectivity index (χ2n) is 9.36. The van der Waals surface area contributed by atoms with E-state index in [1.54, 1.807) is 19.1 Å². The summed E-state index contributed by atoms with van der Waals surface area (Å²) in [5.41, 5.74) is 9.28. The second-order valence-corrected chi connectivity index (χ2v) is 9.36. The third kappa shape index (κ3) is 7.01. The summed E-state index contributed by atoms with van der Waals surface area (Å²) in [6.45, 7) is 2.44. The highest BCUT2D eigenvalue weighted by Crippen LogP contribution is 2.38. The van der Waals surface area contributed by atoms with Gasteiger partial charge in [0.1, 0.15) is 12.3 Å². The van der Waals surface area contributed by atoms with E-state index in [0.717, 1.165) is 12.1 Å². The molecule has 1 aromatic carbocycles. The molecule has 2 fully saturated rings. The molecule has 10 nitrogen and oxygen atoms in total. The Kier molecular flexibility index (Phi) is 9.00. The van der Waals surface area contributed by atoms with E-state index in [9.17, 15) is 19.5 Å². The molecule has 0 radical (unpaired) electrons. The first-order valence-corrected chi connectivity index (χ1v) is 11.9. The Hall–Kier alpha value is -2.98. The van der Waals surface area contributed by atoms with Gasteiger partial charge in [0.05, 0.1) is 18.3 Å². The molecule has 3 atom stereocenters. The fourth-order valence-corrected chi connectivity index (χ4v) is 4.91. The molecule has 1 unspecified atom stereocenters. The van der Waals surface area contributed by atoms with Crippen LogP contribution in [-0.2, 0) is 20.9 Å². The van der Waals surface area contributed by atoms with Gasteiger partial charge >= 0.3 is 5.97 Å². The van der Waals surface area contributed by atoms with Crippen molar-refractivity contribution in [3.8, 4) is 5.75 Å². The minimum atomic E-state index is -1.03. The van der Waals surface area contributed by atoms with Gasteiger partial charge in [0.25, 0.3) is 0 Å². The summed E-state index contributed by atoms with van der Waals surface area (Å²) in [5, 5.41) is 25.3. The number of benzene rings is 1. The number of imide groups is 1. The van der Waals surface area contributed by atoms with Crippen molar-refractivity contribution in [2.24, 2.45) is 22.7 Å². The van der Waals surface area contributed by atoms with Crippen LogP contribution < -0.4 is 16.5 Å². The van der Waals surface area contributed by atoms with Crippen LogP contribution in [0.3, 0.4) is 0 Å². The number of phenols is 1. The molecule has 1 aliphatic carbocycles. The van der Waals surface area contributed by atoms with E-state index in [-0.39, 0.29) is 18.2 Å². The predicted molar refractivity (Wildman–Crippen MR) is 127 cm³/mol. The van der Waals surface area contributed by atoms with Crippen LogP contribution in [0, 0.1) is 11.8 Å². The van der Waals surface area contributed by atoms with Gasteiger partial charge in [0.2, 0.25) is 11.8 Å². The number of phenolic OH excluding ortho intramolecular Hbond substituents is 1. The number of carboxylic acids is 1. The van der Waals surface area contributed by atoms with E-state index in [0.29, 0.717) is 30.4 Å². The summed E-state index contributed by atoms with van der Waals surface area (Å²) in [5.74, 6) is -0.850. The summed E-state index contributed by atoms with van der Waals surface area (Å²) in [7, 11) is 0. The van der Waals surface area contributed by atoms with Gasteiger partial charge in [0.15, 0.2) is 0 Å². The molecule has 186 valence electrons. The molecular formula is C24H35N5O5. The fraction of sp³-hybridized carbons (Fsp3) is 0.583. The van der Waals surface area contributed by atoms with E-state index >= 15 is 0 Å². The molecular weight excluding hydrogens is 438 g/mol. The molecule has 34 heavy (non-hydrogen) atoms. The van der Waals surface area contributed by atoms with Gasteiger partial charge in [-0.25, -0.2) is 0 Å². The Morgan fingerprint density at radius 1 is 1.24 bits per heavy atom. The van der Waals surface area contributed by atoms with Gasteiger partial charge in [-0.3, -0.25) is 30.0 Å². The average molecular weight is 474 g/mol. The van der Waals surface area contributed by atoms with Crippen LogP contribution in [0.4, 0.5) is 0 Å². The van der Waals surface area contributed by atoms with Crippen molar-refractivity contribution in [3.05, 3.63) is 29.3 Å². The Balaban J connectivity index is 1.70. The molecule has 10 heteroatoms. The fourth-order valence-electron chi connectivity index (χ4n) is 4.91. The summed E-state index contributed by atoms with van der Waals surface area (Å²) in [6, 6.07) is 3.96. The van der Waals surface area contributed by atoms with Crippen molar-refractivity contribution in [3.63, 3.8) is 0 Å². The molecule has 1 aromatic rings. The Morgan fingerprint density at radius 3 is 2.62 bits per heavy atom. The first kappa shape index (κ1) is 25.6. The van der Waals surface area contributed by atoms with E-state index < -0.39 is 24.0 Å². The Bertz CT molecular complexity index is 913. The number of aromatic hydroxyl groups is 1. The molecule has 6 N–H and O–H groups in total. The molecule has 2 amide bonds. The molecule has 1 aliphatic heterocycles. The van der Waals surface area contributed by atoms with Crippen LogP contribution in [0.15, 0.2) is 23.3 Å². The number of hydrazone groups is 1. The van der Waals surface area contributed by atoms with Gasteiger partial charge in [-0.1, -0.05) is 38.2 Å². The lowest BCUT2D eigenvalue weighted by atomic mass is 9.79. The monoisotopic (exact) mass is 473 g/mol. The lowest BCUT2D eigenvalue weighted by Gasteiger charge is -2.27. The van der Waals surface area contributed by atoms with Crippen molar-refractivity contribution in [1.29, 1.82) is 0 Å². The van der Waals surface area contributed by atoms with Crippen molar-refractivity contribution < 1.29 is 24.6 Å². The van der Waals surface area contributed by atoms with Crippen molar-refractivity contribution in [2.45, 2.75) is 64.1 Å². The lowest BCUT2D eigenvalue weighted by Crippen LogP contribution is -2.49. The zero-order valence-electron chi connectivity index (χ0n) is 19.6. The zero-order chi connectivity index (χ0) is 24.7. The number of nitrogens with zero attached hydrogens (tertiary/aromatic N) is 2. The number of likely N-dealkylation sites (tertiary alicyclic amines) is 1. The standard InChI is InChI=1S/C24H35N5O5/c1-15(25)23(33)28-24(34)20-10-19(17-5-3-2-4-6-17)14-29(20)13-16-7-8-18(21(30)9-16)11-26-27-12-22(31)32/h7-9,11,15,17,19-20,27,30H,2-6,10,12-14,25H2,1H3,(H,31,32)(H,28,33,34)/t15-,19?,20-/m0/s1. The van der Waals surface area contributed by atoms with E-state index in [4.69, 9.17) is 10.8 Å². The van der Waals surface area contributed by atoms with Gasteiger partial charge in [-0.15, -0.1) is 0 Å². The SMILES string of the molecule is C[C@H](N)C(=O)NC(=O)[C@@H]1CC(C2CCCCC2)CN1Cc1ccc(C=NNCC(=O)O)c(O)c1. The predicted octanol–water partition coefficient (Wildman–Crippen LogP) is 1.16. The molecule has 0 spiro atoms. The van der Waals surface area contributed by atoms with Gasteiger partial charge in [-0.2, -0.15) is 5.10 Å². The highest BCUT2D eigenvalue weighted by Gasteiger charge is 2.40. The van der Waals surface area contributed by atoms with Gasteiger partial charge in [-0.05, 0) is 42.9 Å². The maximum absolute atomic E-state index is 13.0.